The zero-order valence-corrected chi connectivity index (χ0v) is 11.9. The molecule has 1 aliphatic rings. The Morgan fingerprint density at radius 2 is 1.88 bits per heavy atom. The van der Waals surface area contributed by atoms with Crippen LogP contribution < -0.4 is 5.32 Å². The van der Waals surface area contributed by atoms with Crippen molar-refractivity contribution in [2.45, 2.75) is 50.3 Å². The van der Waals surface area contributed by atoms with Gasteiger partial charge in [-0.05, 0) is 40.0 Å². The predicted molar refractivity (Wildman–Crippen MR) is 68.8 cm³/mol. The third-order valence-corrected chi connectivity index (χ3v) is 6.49. The summed E-state index contributed by atoms with van der Waals surface area (Å²) < 4.78 is 23.1. The smallest absolute Gasteiger partial charge is 0.156 e. The van der Waals surface area contributed by atoms with Gasteiger partial charge in [-0.1, -0.05) is 0 Å². The van der Waals surface area contributed by atoms with Crippen LogP contribution in [-0.4, -0.2) is 36.9 Å². The first-order chi connectivity index (χ1) is 7.22. The maximum atomic E-state index is 11.9. The lowest BCUT2D eigenvalue weighted by Crippen LogP contribution is -2.54. The number of rotatable bonds is 5. The zero-order valence-electron chi connectivity index (χ0n) is 10.3. The Hall–Kier alpha value is 0.200. The number of halogens is 1. The van der Waals surface area contributed by atoms with E-state index in [4.69, 9.17) is 11.6 Å². The summed E-state index contributed by atoms with van der Waals surface area (Å²) >= 11 is 5.89. The van der Waals surface area contributed by atoms with Gasteiger partial charge >= 0.3 is 0 Å². The van der Waals surface area contributed by atoms with Gasteiger partial charge in [-0.15, -0.1) is 11.6 Å². The molecule has 96 valence electrons. The van der Waals surface area contributed by atoms with Crippen LogP contribution in [0.25, 0.3) is 0 Å². The molecule has 1 N–H and O–H groups in total. The van der Waals surface area contributed by atoms with Crippen LogP contribution >= 0.6 is 11.6 Å². The number of alkyl halides is 1. The molecular weight excluding hydrogens is 246 g/mol. The van der Waals surface area contributed by atoms with E-state index < -0.39 is 14.6 Å². The molecular formula is C11H22ClNO2S. The lowest BCUT2D eigenvalue weighted by Gasteiger charge is -2.41. The van der Waals surface area contributed by atoms with E-state index in [1.165, 1.54) is 6.42 Å². The topological polar surface area (TPSA) is 46.2 Å². The fourth-order valence-corrected chi connectivity index (χ4v) is 3.06. The Balaban J connectivity index is 2.41. The number of hydrogen-bond acceptors (Lipinski definition) is 3. The van der Waals surface area contributed by atoms with Gasteiger partial charge in [-0.3, -0.25) is 0 Å². The van der Waals surface area contributed by atoms with Crippen LogP contribution in [0.3, 0.4) is 0 Å². The fraction of sp³-hybridized carbons (Fsp3) is 1.00. The highest BCUT2D eigenvalue weighted by molar-refractivity contribution is 7.92. The highest BCUT2D eigenvalue weighted by atomic mass is 35.5. The molecule has 0 spiro atoms. The second kappa shape index (κ2) is 4.83. The van der Waals surface area contributed by atoms with E-state index in [-0.39, 0.29) is 11.3 Å². The summed E-state index contributed by atoms with van der Waals surface area (Å²) in [6, 6.07) is 0. The van der Waals surface area contributed by atoms with Crippen molar-refractivity contribution in [1.29, 1.82) is 0 Å². The van der Waals surface area contributed by atoms with Crippen LogP contribution in [0.4, 0.5) is 0 Å². The van der Waals surface area contributed by atoms with Crippen molar-refractivity contribution in [3.63, 3.8) is 0 Å². The minimum Gasteiger partial charge on any atom is -0.309 e. The first-order valence-electron chi connectivity index (χ1n) is 5.76. The van der Waals surface area contributed by atoms with E-state index in [9.17, 15) is 8.42 Å². The predicted octanol–water partition coefficient (Wildman–Crippen LogP) is 1.95. The van der Waals surface area contributed by atoms with E-state index in [0.717, 1.165) is 12.8 Å². The highest BCUT2D eigenvalue weighted by Crippen LogP contribution is 2.32. The minimum absolute atomic E-state index is 0.00889. The molecule has 0 atom stereocenters. The molecule has 3 nitrogen and oxygen atoms in total. The largest absolute Gasteiger partial charge is 0.309 e. The van der Waals surface area contributed by atoms with Gasteiger partial charge < -0.3 is 5.32 Å². The molecule has 0 heterocycles. The van der Waals surface area contributed by atoms with Gasteiger partial charge in [0.1, 0.15) is 0 Å². The van der Waals surface area contributed by atoms with Crippen molar-refractivity contribution in [3.05, 3.63) is 0 Å². The van der Waals surface area contributed by atoms with Crippen LogP contribution in [0.1, 0.15) is 40.0 Å². The summed E-state index contributed by atoms with van der Waals surface area (Å²) in [7, 11) is -3.02. The molecule has 0 saturated heterocycles. The van der Waals surface area contributed by atoms with Crippen LogP contribution in [0.5, 0.6) is 0 Å². The van der Waals surface area contributed by atoms with Gasteiger partial charge in [-0.2, -0.15) is 0 Å². The fourth-order valence-electron chi connectivity index (χ4n) is 1.72. The number of sulfone groups is 1. The van der Waals surface area contributed by atoms with Crippen LogP contribution in [0.15, 0.2) is 0 Å². The Morgan fingerprint density at radius 3 is 2.19 bits per heavy atom. The molecule has 0 aromatic rings. The first-order valence-corrected chi connectivity index (χ1v) is 7.94. The Bertz CT molecular complexity index is 323. The van der Waals surface area contributed by atoms with Gasteiger partial charge in [0.15, 0.2) is 9.84 Å². The summed E-state index contributed by atoms with van der Waals surface area (Å²) in [5.41, 5.74) is 0.00889. The molecule has 0 aromatic heterocycles. The third-order valence-electron chi connectivity index (χ3n) is 3.37. The first kappa shape index (κ1) is 14.3. The van der Waals surface area contributed by atoms with Gasteiger partial charge in [-0.25, -0.2) is 8.42 Å². The van der Waals surface area contributed by atoms with E-state index in [1.807, 2.05) is 0 Å². The number of nitrogens with one attached hydrogen (secondary N) is 1. The number of hydrogen-bond donors (Lipinski definition) is 1. The van der Waals surface area contributed by atoms with Crippen LogP contribution in [0.2, 0.25) is 0 Å². The van der Waals surface area contributed by atoms with E-state index in [2.05, 4.69) is 5.32 Å². The summed E-state index contributed by atoms with van der Waals surface area (Å²) in [4.78, 5) is 0. The summed E-state index contributed by atoms with van der Waals surface area (Å²) in [6.07, 6.45) is 3.31. The van der Waals surface area contributed by atoms with E-state index in [1.54, 1.807) is 20.8 Å². The summed E-state index contributed by atoms with van der Waals surface area (Å²) in [5, 5.41) is 3.30. The standard InChI is InChI=1S/C11H22ClNO2S/c1-10(2,3)16(14,15)8-7-13-11(9-12)5-4-6-11/h13H,4-9H2,1-3H3. The third kappa shape index (κ3) is 3.11. The highest BCUT2D eigenvalue weighted by Gasteiger charge is 2.36. The quantitative estimate of drug-likeness (QED) is 0.775. The van der Waals surface area contributed by atoms with Gasteiger partial charge in [0.05, 0.1) is 10.5 Å². The molecule has 1 saturated carbocycles. The average molecular weight is 268 g/mol. The van der Waals surface area contributed by atoms with Gasteiger partial charge in [0, 0.05) is 18.0 Å². The Morgan fingerprint density at radius 1 is 1.31 bits per heavy atom. The molecule has 1 aliphatic carbocycles. The molecule has 0 bridgehead atoms. The minimum atomic E-state index is -3.02. The second-order valence-corrected chi connectivity index (χ2v) is 8.76. The van der Waals surface area contributed by atoms with Crippen molar-refractivity contribution < 1.29 is 8.42 Å². The van der Waals surface area contributed by atoms with Crippen molar-refractivity contribution in [3.8, 4) is 0 Å². The van der Waals surface area contributed by atoms with Gasteiger partial charge in [0.25, 0.3) is 0 Å². The molecule has 0 aliphatic heterocycles. The lowest BCUT2D eigenvalue weighted by molar-refractivity contribution is 0.218. The van der Waals surface area contributed by atoms with Gasteiger partial charge in [0.2, 0.25) is 0 Å². The maximum Gasteiger partial charge on any atom is 0.156 e. The average Bonchev–Trinajstić information content (AvgIpc) is 2.07. The Kier molecular flexibility index (Phi) is 4.30. The molecule has 0 unspecified atom stereocenters. The van der Waals surface area contributed by atoms with Crippen LogP contribution in [-0.2, 0) is 9.84 Å². The molecule has 5 heteroatoms. The van der Waals surface area contributed by atoms with Crippen LogP contribution in [0, 0.1) is 0 Å². The molecule has 1 rings (SSSR count). The zero-order chi connectivity index (χ0) is 12.4. The van der Waals surface area contributed by atoms with Crippen molar-refractivity contribution in [2.75, 3.05) is 18.2 Å². The summed E-state index contributed by atoms with van der Waals surface area (Å²) in [6.45, 7) is 5.72. The normalized spacial score (nSPS) is 20.5. The molecule has 16 heavy (non-hydrogen) atoms. The second-order valence-electron chi connectivity index (χ2n) is 5.63. The van der Waals surface area contributed by atoms with Crippen molar-refractivity contribution in [2.24, 2.45) is 0 Å². The summed E-state index contributed by atoms with van der Waals surface area (Å²) in [5.74, 6) is 0.762. The monoisotopic (exact) mass is 267 g/mol. The molecule has 0 amide bonds. The SMILES string of the molecule is CC(C)(C)S(=O)(=O)CCNC1(CCl)CCC1. The lowest BCUT2D eigenvalue weighted by atomic mass is 9.78. The van der Waals surface area contributed by atoms with Crippen molar-refractivity contribution in [1.82, 2.24) is 5.32 Å². The molecule has 1 fully saturated rings. The van der Waals surface area contributed by atoms with Crippen molar-refractivity contribution >= 4 is 21.4 Å². The molecule has 0 aromatic carbocycles. The van der Waals surface area contributed by atoms with E-state index in [0.29, 0.717) is 12.4 Å². The van der Waals surface area contributed by atoms with E-state index >= 15 is 0 Å². The maximum absolute atomic E-state index is 11.9. The molecule has 0 radical (unpaired) electrons. The Labute approximate surface area is 104 Å².